The minimum Gasteiger partial charge on any atom is -0.380 e. The van der Waals surface area contributed by atoms with Gasteiger partial charge in [-0.15, -0.1) is 0 Å². The SMILES string of the molecule is COCc1cccc(CN2CCCC(CNC(=O)C3CCCN3)C2)c1. The molecule has 0 spiro atoms. The zero-order chi connectivity index (χ0) is 17.5. The highest BCUT2D eigenvalue weighted by Gasteiger charge is 2.24. The number of carbonyl (C=O) groups is 1. The maximum atomic E-state index is 12.2. The van der Waals surface area contributed by atoms with E-state index in [1.807, 2.05) is 0 Å². The van der Waals surface area contributed by atoms with E-state index in [4.69, 9.17) is 4.74 Å². The van der Waals surface area contributed by atoms with Crippen LogP contribution in [-0.4, -0.2) is 50.1 Å². The van der Waals surface area contributed by atoms with Gasteiger partial charge in [-0.1, -0.05) is 24.3 Å². The van der Waals surface area contributed by atoms with Crippen LogP contribution in [-0.2, 0) is 22.7 Å². The van der Waals surface area contributed by atoms with E-state index in [1.54, 1.807) is 7.11 Å². The summed E-state index contributed by atoms with van der Waals surface area (Å²) in [5.74, 6) is 0.739. The van der Waals surface area contributed by atoms with E-state index >= 15 is 0 Å². The Balaban J connectivity index is 1.46. The maximum Gasteiger partial charge on any atom is 0.237 e. The van der Waals surface area contributed by atoms with Crippen molar-refractivity contribution in [1.29, 1.82) is 0 Å². The number of piperidine rings is 1. The molecule has 2 saturated heterocycles. The molecule has 5 heteroatoms. The maximum absolute atomic E-state index is 12.2. The van der Waals surface area contributed by atoms with Crippen LogP contribution in [0.4, 0.5) is 0 Å². The molecule has 0 aliphatic carbocycles. The lowest BCUT2D eigenvalue weighted by molar-refractivity contribution is -0.123. The Hall–Kier alpha value is -1.43. The summed E-state index contributed by atoms with van der Waals surface area (Å²) in [5.41, 5.74) is 2.57. The molecule has 2 atom stereocenters. The summed E-state index contributed by atoms with van der Waals surface area (Å²) in [6.45, 7) is 5.62. The van der Waals surface area contributed by atoms with Crippen LogP contribution in [0.1, 0.15) is 36.8 Å². The Morgan fingerprint density at radius 2 is 2.20 bits per heavy atom. The molecule has 0 bridgehead atoms. The molecule has 2 heterocycles. The third-order valence-corrected chi connectivity index (χ3v) is 5.25. The fourth-order valence-electron chi connectivity index (χ4n) is 3.98. The molecule has 1 aromatic carbocycles. The van der Waals surface area contributed by atoms with Crippen LogP contribution >= 0.6 is 0 Å². The molecular weight excluding hydrogens is 314 g/mol. The average molecular weight is 345 g/mol. The van der Waals surface area contributed by atoms with Crippen LogP contribution in [0, 0.1) is 5.92 Å². The number of likely N-dealkylation sites (tertiary alicyclic amines) is 1. The van der Waals surface area contributed by atoms with Gasteiger partial charge in [0, 0.05) is 26.7 Å². The number of carbonyl (C=O) groups excluding carboxylic acids is 1. The van der Waals surface area contributed by atoms with E-state index in [-0.39, 0.29) is 11.9 Å². The second-order valence-corrected chi connectivity index (χ2v) is 7.39. The summed E-state index contributed by atoms with van der Waals surface area (Å²) in [6.07, 6.45) is 4.50. The summed E-state index contributed by atoms with van der Waals surface area (Å²) in [7, 11) is 1.73. The standard InChI is InChI=1S/C20H31N3O2/c1-25-15-17-6-2-5-16(11-17)13-23-10-4-7-18(14-23)12-22-20(24)19-8-3-9-21-19/h2,5-6,11,18-19,21H,3-4,7-10,12-15H2,1H3,(H,22,24). The second-order valence-electron chi connectivity index (χ2n) is 7.39. The summed E-state index contributed by atoms with van der Waals surface area (Å²) in [4.78, 5) is 14.7. The number of rotatable bonds is 7. The number of hydrogen-bond acceptors (Lipinski definition) is 4. The van der Waals surface area contributed by atoms with Crippen molar-refractivity contribution in [2.45, 2.75) is 44.9 Å². The van der Waals surface area contributed by atoms with Crippen molar-refractivity contribution in [2.24, 2.45) is 5.92 Å². The van der Waals surface area contributed by atoms with E-state index < -0.39 is 0 Å². The van der Waals surface area contributed by atoms with Crippen molar-refractivity contribution in [1.82, 2.24) is 15.5 Å². The lowest BCUT2D eigenvalue weighted by atomic mass is 9.97. The Kier molecular flexibility index (Phi) is 6.84. The van der Waals surface area contributed by atoms with Gasteiger partial charge in [0.05, 0.1) is 12.6 Å². The van der Waals surface area contributed by atoms with Crippen molar-refractivity contribution >= 4 is 5.91 Å². The molecule has 1 aromatic rings. The zero-order valence-corrected chi connectivity index (χ0v) is 15.3. The van der Waals surface area contributed by atoms with Gasteiger partial charge in [-0.3, -0.25) is 9.69 Å². The summed E-state index contributed by atoms with van der Waals surface area (Å²) >= 11 is 0. The molecule has 25 heavy (non-hydrogen) atoms. The molecule has 0 aromatic heterocycles. The van der Waals surface area contributed by atoms with Crippen LogP contribution in [0.3, 0.4) is 0 Å². The summed E-state index contributed by atoms with van der Waals surface area (Å²) in [6, 6.07) is 8.68. The third kappa shape index (κ3) is 5.53. The van der Waals surface area contributed by atoms with E-state index in [0.29, 0.717) is 12.5 Å². The van der Waals surface area contributed by atoms with Crippen molar-refractivity contribution in [2.75, 3.05) is 33.3 Å². The molecular formula is C20H31N3O2. The smallest absolute Gasteiger partial charge is 0.237 e. The Morgan fingerprint density at radius 3 is 3.00 bits per heavy atom. The second kappa shape index (κ2) is 9.32. The van der Waals surface area contributed by atoms with Gasteiger partial charge in [0.15, 0.2) is 0 Å². The summed E-state index contributed by atoms with van der Waals surface area (Å²) in [5, 5.41) is 6.43. The van der Waals surface area contributed by atoms with Crippen LogP contribution in [0.15, 0.2) is 24.3 Å². The van der Waals surface area contributed by atoms with Crippen molar-refractivity contribution < 1.29 is 9.53 Å². The molecule has 2 unspecified atom stereocenters. The van der Waals surface area contributed by atoms with Gasteiger partial charge in [-0.25, -0.2) is 0 Å². The first kappa shape index (κ1) is 18.4. The Morgan fingerprint density at radius 1 is 1.32 bits per heavy atom. The molecule has 1 amide bonds. The molecule has 5 nitrogen and oxygen atoms in total. The highest BCUT2D eigenvalue weighted by atomic mass is 16.5. The predicted octanol–water partition coefficient (Wildman–Crippen LogP) is 1.91. The van der Waals surface area contributed by atoms with Gasteiger partial charge >= 0.3 is 0 Å². The van der Waals surface area contributed by atoms with Gasteiger partial charge in [0.2, 0.25) is 5.91 Å². The molecule has 2 aliphatic heterocycles. The van der Waals surface area contributed by atoms with Crippen molar-refractivity contribution in [3.8, 4) is 0 Å². The molecule has 3 rings (SSSR count). The van der Waals surface area contributed by atoms with Crippen LogP contribution < -0.4 is 10.6 Å². The normalized spacial score (nSPS) is 24.4. The topological polar surface area (TPSA) is 53.6 Å². The number of nitrogens with zero attached hydrogens (tertiary/aromatic N) is 1. The predicted molar refractivity (Wildman–Crippen MR) is 99.2 cm³/mol. The summed E-state index contributed by atoms with van der Waals surface area (Å²) < 4.78 is 5.23. The van der Waals surface area contributed by atoms with Gasteiger partial charge in [-0.05, 0) is 55.8 Å². The van der Waals surface area contributed by atoms with Crippen LogP contribution in [0.25, 0.3) is 0 Å². The number of benzene rings is 1. The van der Waals surface area contributed by atoms with E-state index in [1.165, 1.54) is 24.0 Å². The minimum atomic E-state index is 0.0308. The largest absolute Gasteiger partial charge is 0.380 e. The Bertz CT molecular complexity index is 558. The van der Waals surface area contributed by atoms with Crippen LogP contribution in [0.5, 0.6) is 0 Å². The van der Waals surface area contributed by atoms with Gasteiger partial charge < -0.3 is 15.4 Å². The van der Waals surface area contributed by atoms with Crippen molar-refractivity contribution in [3.05, 3.63) is 35.4 Å². The van der Waals surface area contributed by atoms with E-state index in [0.717, 1.165) is 45.6 Å². The first-order valence-corrected chi connectivity index (χ1v) is 9.55. The molecule has 2 aliphatic rings. The quantitative estimate of drug-likeness (QED) is 0.793. The molecule has 2 fully saturated rings. The van der Waals surface area contributed by atoms with Crippen molar-refractivity contribution in [3.63, 3.8) is 0 Å². The highest BCUT2D eigenvalue weighted by molar-refractivity contribution is 5.81. The highest BCUT2D eigenvalue weighted by Crippen LogP contribution is 2.19. The monoisotopic (exact) mass is 345 g/mol. The molecule has 138 valence electrons. The fraction of sp³-hybridized carbons (Fsp3) is 0.650. The number of hydrogen-bond donors (Lipinski definition) is 2. The molecule has 0 saturated carbocycles. The molecule has 2 N–H and O–H groups in total. The number of ether oxygens (including phenoxy) is 1. The van der Waals surface area contributed by atoms with Gasteiger partial charge in [0.1, 0.15) is 0 Å². The first-order valence-electron chi connectivity index (χ1n) is 9.55. The van der Waals surface area contributed by atoms with E-state index in [2.05, 4.69) is 39.8 Å². The van der Waals surface area contributed by atoms with Gasteiger partial charge in [-0.2, -0.15) is 0 Å². The van der Waals surface area contributed by atoms with E-state index in [9.17, 15) is 4.79 Å². The first-order chi connectivity index (χ1) is 12.2. The number of amides is 1. The number of methoxy groups -OCH3 is 1. The Labute approximate surface area is 151 Å². The van der Waals surface area contributed by atoms with Gasteiger partial charge in [0.25, 0.3) is 0 Å². The van der Waals surface area contributed by atoms with Crippen LogP contribution in [0.2, 0.25) is 0 Å². The lowest BCUT2D eigenvalue weighted by Crippen LogP contribution is -2.45. The third-order valence-electron chi connectivity index (χ3n) is 5.25. The zero-order valence-electron chi connectivity index (χ0n) is 15.3. The number of nitrogens with one attached hydrogen (secondary N) is 2. The average Bonchev–Trinajstić information content (AvgIpc) is 3.15. The lowest BCUT2D eigenvalue weighted by Gasteiger charge is -2.33. The minimum absolute atomic E-state index is 0.0308. The fourth-order valence-corrected chi connectivity index (χ4v) is 3.98. The molecule has 0 radical (unpaired) electrons.